The van der Waals surface area contributed by atoms with E-state index in [1.807, 2.05) is 36.4 Å². The standard InChI is InChI=1S/C37H45N5O6/c1-6-7-12-33-41-34-35(42(33)23-25-14-15-26(45-2)21-31(25)47-4)28-17-13-24(11-9-8-10-19-38-37(43)44)20-30(28)40-36(34)39-29-18-16-27(46-3)22-32(29)48-5/h13-18,20-22,38H,6-12,19,23H2,1-5H3,(H,39,40)(H,43,44). The highest BCUT2D eigenvalue weighted by molar-refractivity contribution is 6.08. The maximum atomic E-state index is 10.8. The van der Waals surface area contributed by atoms with Crippen molar-refractivity contribution < 1.29 is 28.8 Å². The predicted molar refractivity (Wildman–Crippen MR) is 189 cm³/mol. The summed E-state index contributed by atoms with van der Waals surface area (Å²) in [5.41, 5.74) is 5.55. The molecule has 0 unspecified atom stereocenters. The van der Waals surface area contributed by atoms with Gasteiger partial charge >= 0.3 is 6.09 Å². The zero-order valence-corrected chi connectivity index (χ0v) is 28.4. The summed E-state index contributed by atoms with van der Waals surface area (Å²) in [5.74, 6) is 4.41. The molecular formula is C37H45N5O6. The Morgan fingerprint density at radius 2 is 1.56 bits per heavy atom. The first-order valence-electron chi connectivity index (χ1n) is 16.4. The Bertz CT molecular complexity index is 1870. The first kappa shape index (κ1) is 34.2. The molecule has 0 atom stereocenters. The van der Waals surface area contributed by atoms with Crippen molar-refractivity contribution in [3.05, 3.63) is 71.5 Å². The number of nitrogens with zero attached hydrogens (tertiary/aromatic N) is 3. The van der Waals surface area contributed by atoms with Crippen LogP contribution in [0.1, 0.15) is 56.0 Å². The number of carboxylic acid groups (broad SMARTS) is 1. The number of aryl methyl sites for hydroxylation is 2. The van der Waals surface area contributed by atoms with E-state index < -0.39 is 6.09 Å². The summed E-state index contributed by atoms with van der Waals surface area (Å²) in [6.45, 7) is 3.20. The molecule has 48 heavy (non-hydrogen) atoms. The van der Waals surface area contributed by atoms with Gasteiger partial charge in [-0.25, -0.2) is 14.8 Å². The minimum atomic E-state index is -0.985. The number of nitrogens with one attached hydrogen (secondary N) is 2. The third kappa shape index (κ3) is 7.84. The van der Waals surface area contributed by atoms with Crippen molar-refractivity contribution in [2.75, 3.05) is 40.3 Å². The number of unbranched alkanes of at least 4 members (excludes halogenated alkanes) is 3. The highest BCUT2D eigenvalue weighted by Gasteiger charge is 2.21. The average Bonchev–Trinajstić information content (AvgIpc) is 3.47. The van der Waals surface area contributed by atoms with Gasteiger partial charge in [-0.3, -0.25) is 0 Å². The normalized spacial score (nSPS) is 11.1. The molecule has 1 amide bonds. The summed E-state index contributed by atoms with van der Waals surface area (Å²) in [6, 6.07) is 18.0. The first-order valence-corrected chi connectivity index (χ1v) is 16.4. The van der Waals surface area contributed by atoms with E-state index in [4.69, 9.17) is 34.0 Å². The van der Waals surface area contributed by atoms with Gasteiger partial charge in [0.15, 0.2) is 5.82 Å². The number of methoxy groups -OCH3 is 4. The Morgan fingerprint density at radius 1 is 0.812 bits per heavy atom. The van der Waals surface area contributed by atoms with E-state index in [9.17, 15) is 4.79 Å². The first-order chi connectivity index (χ1) is 23.4. The van der Waals surface area contributed by atoms with E-state index in [0.29, 0.717) is 30.4 Å². The molecule has 0 bridgehead atoms. The highest BCUT2D eigenvalue weighted by atomic mass is 16.5. The van der Waals surface area contributed by atoms with Crippen LogP contribution in [-0.2, 0) is 19.4 Å². The predicted octanol–water partition coefficient (Wildman–Crippen LogP) is 7.73. The van der Waals surface area contributed by atoms with Crippen LogP contribution in [0.3, 0.4) is 0 Å². The van der Waals surface area contributed by atoms with Crippen molar-refractivity contribution in [1.82, 2.24) is 19.9 Å². The molecular weight excluding hydrogens is 610 g/mol. The second-order valence-electron chi connectivity index (χ2n) is 11.6. The second kappa shape index (κ2) is 16.1. The molecule has 11 nitrogen and oxygen atoms in total. The fraction of sp³-hybridized carbons (Fsp3) is 0.378. The number of hydrogen-bond acceptors (Lipinski definition) is 8. The molecule has 0 spiro atoms. The maximum Gasteiger partial charge on any atom is 0.404 e. The van der Waals surface area contributed by atoms with Crippen molar-refractivity contribution in [2.45, 2.75) is 58.4 Å². The van der Waals surface area contributed by atoms with Gasteiger partial charge in [0.2, 0.25) is 0 Å². The van der Waals surface area contributed by atoms with Gasteiger partial charge in [0.25, 0.3) is 0 Å². The van der Waals surface area contributed by atoms with Crippen LogP contribution in [0.5, 0.6) is 23.0 Å². The van der Waals surface area contributed by atoms with Crippen LogP contribution < -0.4 is 29.6 Å². The maximum absolute atomic E-state index is 10.8. The van der Waals surface area contributed by atoms with Crippen molar-refractivity contribution in [2.24, 2.45) is 0 Å². The van der Waals surface area contributed by atoms with Gasteiger partial charge in [0.05, 0.1) is 51.7 Å². The van der Waals surface area contributed by atoms with E-state index in [0.717, 1.165) is 95.5 Å². The molecule has 0 aliphatic carbocycles. The Balaban J connectivity index is 1.63. The van der Waals surface area contributed by atoms with E-state index in [1.54, 1.807) is 28.4 Å². The van der Waals surface area contributed by atoms with Crippen LogP contribution >= 0.6 is 0 Å². The quantitative estimate of drug-likeness (QED) is 0.0862. The van der Waals surface area contributed by atoms with Gasteiger partial charge in [-0.05, 0) is 61.6 Å². The van der Waals surface area contributed by atoms with Gasteiger partial charge in [-0.15, -0.1) is 0 Å². The average molecular weight is 656 g/mol. The molecule has 2 heterocycles. The summed E-state index contributed by atoms with van der Waals surface area (Å²) in [4.78, 5) is 21.2. The number of anilines is 2. The number of amides is 1. The Labute approximate surface area is 281 Å². The van der Waals surface area contributed by atoms with Crippen LogP contribution in [0.2, 0.25) is 0 Å². The number of ether oxygens (including phenoxy) is 4. The number of hydrogen-bond donors (Lipinski definition) is 3. The van der Waals surface area contributed by atoms with Crippen molar-refractivity contribution in [3.8, 4) is 23.0 Å². The monoisotopic (exact) mass is 655 g/mol. The SMILES string of the molecule is CCCCc1nc2c(Nc3ccc(OC)cc3OC)nc3cc(CCCCCNC(=O)O)ccc3c2n1Cc1ccc(OC)cc1OC. The zero-order valence-electron chi connectivity index (χ0n) is 28.4. The zero-order chi connectivity index (χ0) is 34.0. The van der Waals surface area contributed by atoms with Crippen LogP contribution in [0.15, 0.2) is 54.6 Å². The molecule has 5 aromatic rings. The van der Waals surface area contributed by atoms with Gasteiger partial charge in [0.1, 0.15) is 34.3 Å². The van der Waals surface area contributed by atoms with Crippen molar-refractivity contribution >= 4 is 39.5 Å². The molecule has 0 radical (unpaired) electrons. The summed E-state index contributed by atoms with van der Waals surface area (Å²) in [5, 5.41) is 15.8. The number of rotatable bonds is 17. The third-order valence-corrected chi connectivity index (χ3v) is 8.48. The van der Waals surface area contributed by atoms with Crippen molar-refractivity contribution in [3.63, 3.8) is 0 Å². The second-order valence-corrected chi connectivity index (χ2v) is 11.6. The van der Waals surface area contributed by atoms with Gasteiger partial charge < -0.3 is 39.3 Å². The van der Waals surface area contributed by atoms with Gasteiger partial charge in [-0.1, -0.05) is 31.9 Å². The van der Waals surface area contributed by atoms with E-state index in [-0.39, 0.29) is 0 Å². The van der Waals surface area contributed by atoms with Crippen LogP contribution in [-0.4, -0.2) is 60.7 Å². The number of aromatic nitrogens is 3. The lowest BCUT2D eigenvalue weighted by atomic mass is 10.0. The molecule has 3 aromatic carbocycles. The van der Waals surface area contributed by atoms with Crippen molar-refractivity contribution in [1.29, 1.82) is 0 Å². The molecule has 0 fully saturated rings. The molecule has 11 heteroatoms. The lowest BCUT2D eigenvalue weighted by Crippen LogP contribution is -2.21. The minimum absolute atomic E-state index is 0.458. The summed E-state index contributed by atoms with van der Waals surface area (Å²) < 4.78 is 24.7. The molecule has 2 aromatic heterocycles. The van der Waals surface area contributed by atoms with E-state index in [2.05, 4.69) is 40.3 Å². The molecule has 254 valence electrons. The fourth-order valence-electron chi connectivity index (χ4n) is 5.93. The smallest absolute Gasteiger partial charge is 0.404 e. The Hall–Kier alpha value is -5.19. The largest absolute Gasteiger partial charge is 0.497 e. The molecule has 0 saturated carbocycles. The van der Waals surface area contributed by atoms with Crippen LogP contribution in [0, 0.1) is 0 Å². The molecule has 0 aliphatic heterocycles. The lowest BCUT2D eigenvalue weighted by molar-refractivity contribution is 0.194. The number of fused-ring (bicyclic) bond motifs is 3. The number of carbonyl (C=O) groups is 1. The summed E-state index contributed by atoms with van der Waals surface area (Å²) >= 11 is 0. The number of benzene rings is 3. The number of pyridine rings is 1. The molecule has 0 aliphatic rings. The molecule has 0 saturated heterocycles. The topological polar surface area (TPSA) is 129 Å². The molecule has 5 rings (SSSR count). The highest BCUT2D eigenvalue weighted by Crippen LogP contribution is 2.37. The lowest BCUT2D eigenvalue weighted by Gasteiger charge is -2.16. The number of imidazole rings is 1. The van der Waals surface area contributed by atoms with Gasteiger partial charge in [0, 0.05) is 36.0 Å². The Kier molecular flexibility index (Phi) is 11.4. The summed E-state index contributed by atoms with van der Waals surface area (Å²) in [6.07, 6.45) is 5.39. The Morgan fingerprint density at radius 3 is 2.27 bits per heavy atom. The van der Waals surface area contributed by atoms with E-state index >= 15 is 0 Å². The van der Waals surface area contributed by atoms with E-state index in [1.165, 1.54) is 5.56 Å². The minimum Gasteiger partial charge on any atom is -0.497 e. The summed E-state index contributed by atoms with van der Waals surface area (Å²) in [7, 11) is 6.59. The van der Waals surface area contributed by atoms with Gasteiger partial charge in [-0.2, -0.15) is 0 Å². The third-order valence-electron chi connectivity index (χ3n) is 8.48. The van der Waals surface area contributed by atoms with Crippen LogP contribution in [0.25, 0.3) is 21.9 Å². The van der Waals surface area contributed by atoms with Crippen LogP contribution in [0.4, 0.5) is 16.3 Å². The molecule has 3 N–H and O–H groups in total. The fourth-order valence-corrected chi connectivity index (χ4v) is 5.93.